The zero-order chi connectivity index (χ0) is 18.4. The van der Waals surface area contributed by atoms with Gasteiger partial charge in [-0.05, 0) is 43.4 Å². The van der Waals surface area contributed by atoms with Crippen LogP contribution in [0.4, 0.5) is 10.2 Å². The van der Waals surface area contributed by atoms with Gasteiger partial charge in [-0.2, -0.15) is 5.10 Å². The smallest absolute Gasteiger partial charge is 0.256 e. The minimum absolute atomic E-state index is 0.0230. The molecule has 8 heteroatoms. The molecule has 4 heterocycles. The van der Waals surface area contributed by atoms with Gasteiger partial charge < -0.3 is 10.2 Å². The molecule has 1 aliphatic carbocycles. The van der Waals surface area contributed by atoms with Crippen LogP contribution in [0.3, 0.4) is 0 Å². The molecule has 1 atom stereocenters. The molecule has 1 N–H and O–H groups in total. The van der Waals surface area contributed by atoms with Crippen LogP contribution in [-0.4, -0.2) is 38.1 Å². The van der Waals surface area contributed by atoms with Crippen LogP contribution in [0, 0.1) is 5.82 Å². The third-order valence-electron chi connectivity index (χ3n) is 5.17. The lowest BCUT2D eigenvalue weighted by atomic mass is 10.1. The van der Waals surface area contributed by atoms with Crippen molar-refractivity contribution in [2.75, 3.05) is 11.4 Å². The Morgan fingerprint density at radius 3 is 2.93 bits per heavy atom. The molecule has 1 amide bonds. The maximum absolute atomic E-state index is 13.6. The fraction of sp³-hybridized carbons (Fsp3) is 0.368. The van der Waals surface area contributed by atoms with Crippen LogP contribution in [0.25, 0.3) is 5.65 Å². The Bertz CT molecular complexity index is 1010. The Labute approximate surface area is 155 Å². The molecule has 1 unspecified atom stereocenters. The Morgan fingerprint density at radius 2 is 2.11 bits per heavy atom. The number of pyridine rings is 1. The molecule has 1 saturated heterocycles. The van der Waals surface area contributed by atoms with Gasteiger partial charge in [-0.25, -0.2) is 13.9 Å². The van der Waals surface area contributed by atoms with E-state index in [4.69, 9.17) is 4.98 Å². The number of hydrogen-bond acceptors (Lipinski definition) is 5. The SMILES string of the molecule is O=C(NC1CC1)c1cnn2ccc(N3CCCC3c3cncc(F)c3)nc12. The van der Waals surface area contributed by atoms with Crippen LogP contribution in [0.2, 0.25) is 0 Å². The van der Waals surface area contributed by atoms with Gasteiger partial charge in [0.15, 0.2) is 5.65 Å². The number of carbonyl (C=O) groups is 1. The molecule has 27 heavy (non-hydrogen) atoms. The number of amides is 1. The number of nitrogens with one attached hydrogen (secondary N) is 1. The van der Waals surface area contributed by atoms with Crippen LogP contribution in [0.1, 0.15) is 47.6 Å². The average molecular weight is 366 g/mol. The van der Waals surface area contributed by atoms with Crippen molar-refractivity contribution >= 4 is 17.4 Å². The lowest BCUT2D eigenvalue weighted by Gasteiger charge is -2.26. The van der Waals surface area contributed by atoms with Gasteiger partial charge in [0.1, 0.15) is 17.2 Å². The van der Waals surface area contributed by atoms with Gasteiger partial charge in [0, 0.05) is 25.0 Å². The zero-order valence-electron chi connectivity index (χ0n) is 14.7. The van der Waals surface area contributed by atoms with Crippen LogP contribution in [0.15, 0.2) is 36.9 Å². The van der Waals surface area contributed by atoms with Crippen LogP contribution in [0.5, 0.6) is 0 Å². The summed E-state index contributed by atoms with van der Waals surface area (Å²) in [7, 11) is 0. The fourth-order valence-corrected chi connectivity index (χ4v) is 3.67. The van der Waals surface area contributed by atoms with Gasteiger partial charge in [0.2, 0.25) is 0 Å². The largest absolute Gasteiger partial charge is 0.349 e. The second-order valence-corrected chi connectivity index (χ2v) is 7.15. The molecule has 5 rings (SSSR count). The quantitative estimate of drug-likeness (QED) is 0.768. The van der Waals surface area contributed by atoms with Crippen LogP contribution in [-0.2, 0) is 0 Å². The van der Waals surface area contributed by atoms with E-state index >= 15 is 0 Å². The van der Waals surface area contributed by atoms with Crippen molar-refractivity contribution in [2.24, 2.45) is 0 Å². The molecule has 3 aromatic heterocycles. The van der Waals surface area contributed by atoms with Crippen molar-refractivity contribution in [1.29, 1.82) is 0 Å². The highest BCUT2D eigenvalue weighted by Crippen LogP contribution is 2.35. The van der Waals surface area contributed by atoms with Gasteiger partial charge in [0.25, 0.3) is 5.91 Å². The minimum atomic E-state index is -0.336. The van der Waals surface area contributed by atoms with E-state index in [1.807, 2.05) is 12.3 Å². The summed E-state index contributed by atoms with van der Waals surface area (Å²) in [6.45, 7) is 0.822. The first-order valence-corrected chi connectivity index (χ1v) is 9.21. The summed E-state index contributed by atoms with van der Waals surface area (Å²) in [5, 5.41) is 7.22. The zero-order valence-corrected chi connectivity index (χ0v) is 14.7. The number of rotatable bonds is 4. The van der Waals surface area contributed by atoms with E-state index in [1.165, 1.54) is 12.3 Å². The van der Waals surface area contributed by atoms with Crippen molar-refractivity contribution in [3.8, 4) is 0 Å². The summed E-state index contributed by atoms with van der Waals surface area (Å²) in [6, 6.07) is 3.71. The topological polar surface area (TPSA) is 75.4 Å². The molecule has 7 nitrogen and oxygen atoms in total. The summed E-state index contributed by atoms with van der Waals surface area (Å²) >= 11 is 0. The number of carbonyl (C=O) groups excluding carboxylic acids is 1. The number of hydrogen-bond donors (Lipinski definition) is 1. The highest BCUT2D eigenvalue weighted by Gasteiger charge is 2.29. The molecule has 2 aliphatic rings. The molecule has 0 spiro atoms. The molecule has 138 valence electrons. The third kappa shape index (κ3) is 3.01. The molecule has 0 bridgehead atoms. The number of anilines is 1. The highest BCUT2D eigenvalue weighted by atomic mass is 19.1. The van der Waals surface area contributed by atoms with E-state index in [1.54, 1.807) is 16.9 Å². The molecule has 1 aliphatic heterocycles. The Hall–Kier alpha value is -3.03. The molecular weight excluding hydrogens is 347 g/mol. The summed E-state index contributed by atoms with van der Waals surface area (Å²) in [5.74, 6) is 0.289. The van der Waals surface area contributed by atoms with Crippen molar-refractivity contribution < 1.29 is 9.18 Å². The van der Waals surface area contributed by atoms with Gasteiger partial charge in [0.05, 0.1) is 18.4 Å². The molecule has 1 saturated carbocycles. The fourth-order valence-electron chi connectivity index (χ4n) is 3.67. The lowest BCUT2D eigenvalue weighted by molar-refractivity contribution is 0.0952. The number of halogens is 1. The van der Waals surface area contributed by atoms with E-state index in [-0.39, 0.29) is 23.8 Å². The first-order valence-electron chi connectivity index (χ1n) is 9.21. The van der Waals surface area contributed by atoms with Gasteiger partial charge >= 0.3 is 0 Å². The van der Waals surface area contributed by atoms with E-state index in [0.717, 1.165) is 43.6 Å². The summed E-state index contributed by atoms with van der Waals surface area (Å²) < 4.78 is 15.2. The molecular formula is C19H19FN6O. The number of fused-ring (bicyclic) bond motifs is 1. The van der Waals surface area contributed by atoms with Crippen molar-refractivity contribution in [3.63, 3.8) is 0 Å². The highest BCUT2D eigenvalue weighted by molar-refractivity contribution is 6.00. The Morgan fingerprint density at radius 1 is 1.22 bits per heavy atom. The van der Waals surface area contributed by atoms with E-state index in [9.17, 15) is 9.18 Å². The van der Waals surface area contributed by atoms with Crippen molar-refractivity contribution in [3.05, 3.63) is 53.9 Å². The van der Waals surface area contributed by atoms with Crippen LogP contribution >= 0.6 is 0 Å². The second kappa shape index (κ2) is 6.29. The molecule has 2 fully saturated rings. The molecule has 0 radical (unpaired) electrons. The number of aromatic nitrogens is 4. The van der Waals surface area contributed by atoms with Crippen molar-refractivity contribution in [2.45, 2.75) is 37.8 Å². The normalized spacial score (nSPS) is 19.6. The predicted molar refractivity (Wildman–Crippen MR) is 97.0 cm³/mol. The minimum Gasteiger partial charge on any atom is -0.349 e. The van der Waals surface area contributed by atoms with Crippen molar-refractivity contribution in [1.82, 2.24) is 24.9 Å². The van der Waals surface area contributed by atoms with Gasteiger partial charge in [-0.1, -0.05) is 0 Å². The lowest BCUT2D eigenvalue weighted by Crippen LogP contribution is -2.26. The Kier molecular flexibility index (Phi) is 3.77. The monoisotopic (exact) mass is 366 g/mol. The first-order chi connectivity index (χ1) is 13.2. The summed E-state index contributed by atoms with van der Waals surface area (Å²) in [5.41, 5.74) is 1.86. The maximum atomic E-state index is 13.6. The predicted octanol–water partition coefficient (Wildman–Crippen LogP) is 2.50. The van der Waals surface area contributed by atoms with Gasteiger partial charge in [-0.3, -0.25) is 9.78 Å². The van der Waals surface area contributed by atoms with Crippen LogP contribution < -0.4 is 10.2 Å². The van der Waals surface area contributed by atoms with Gasteiger partial charge in [-0.15, -0.1) is 0 Å². The van der Waals surface area contributed by atoms with E-state index < -0.39 is 0 Å². The van der Waals surface area contributed by atoms with E-state index in [2.05, 4.69) is 20.3 Å². The summed E-state index contributed by atoms with van der Waals surface area (Å²) in [6.07, 6.45) is 10.2. The second-order valence-electron chi connectivity index (χ2n) is 7.15. The third-order valence-corrected chi connectivity index (χ3v) is 5.17. The molecule has 0 aromatic carbocycles. The summed E-state index contributed by atoms with van der Waals surface area (Å²) in [4.78, 5) is 23.3. The maximum Gasteiger partial charge on any atom is 0.256 e. The average Bonchev–Trinajstić information content (AvgIpc) is 3.20. The number of nitrogens with zero attached hydrogens (tertiary/aromatic N) is 5. The van der Waals surface area contributed by atoms with E-state index in [0.29, 0.717) is 11.2 Å². The Balaban J connectivity index is 1.49. The standard InChI is InChI=1S/C19H19FN6O/c20-13-8-12(9-21-10-13)16-2-1-6-25(16)17-5-7-26-18(24-17)15(11-22-26)19(27)23-14-3-4-14/h5,7-11,14,16H,1-4,6H2,(H,23,27). The molecule has 3 aromatic rings. The first kappa shape index (κ1) is 16.2.